The van der Waals surface area contributed by atoms with E-state index < -0.39 is 5.82 Å². The number of rotatable bonds is 2. The van der Waals surface area contributed by atoms with Crippen LogP contribution in [0.5, 0.6) is 0 Å². The molecule has 0 unspecified atom stereocenters. The minimum absolute atomic E-state index is 0.00810. The van der Waals surface area contributed by atoms with Crippen LogP contribution in [-0.2, 0) is 6.61 Å². The van der Waals surface area contributed by atoms with E-state index in [1.54, 1.807) is 4.57 Å². The van der Waals surface area contributed by atoms with E-state index in [0.717, 1.165) is 28.9 Å². The fourth-order valence-corrected chi connectivity index (χ4v) is 1.89. The molecule has 0 radical (unpaired) electrons. The van der Waals surface area contributed by atoms with Gasteiger partial charge in [-0.05, 0) is 23.8 Å². The van der Waals surface area contributed by atoms with E-state index in [9.17, 15) is 4.39 Å². The van der Waals surface area contributed by atoms with Crippen LogP contribution in [-0.4, -0.2) is 19.6 Å². The molecule has 0 atom stereocenters. The number of aliphatic hydroxyl groups is 1. The summed E-state index contributed by atoms with van der Waals surface area (Å²) in [6.45, 7) is 0.00810. The molecule has 0 spiro atoms. The van der Waals surface area contributed by atoms with E-state index in [4.69, 9.17) is 5.11 Å². The maximum Gasteiger partial charge on any atom is 0.234 e. The van der Waals surface area contributed by atoms with Crippen LogP contribution in [0.15, 0.2) is 42.9 Å². The van der Waals surface area contributed by atoms with Crippen molar-refractivity contribution in [2.45, 2.75) is 6.61 Å². The van der Waals surface area contributed by atoms with Gasteiger partial charge >= 0.3 is 0 Å². The van der Waals surface area contributed by atoms with Crippen molar-refractivity contribution in [1.29, 1.82) is 0 Å². The first-order valence-corrected chi connectivity index (χ1v) is 5.47. The molecular formula is C13H10FN3O. The van der Waals surface area contributed by atoms with Crippen LogP contribution in [0, 0.1) is 5.82 Å². The van der Waals surface area contributed by atoms with E-state index in [1.807, 2.05) is 30.5 Å². The van der Waals surface area contributed by atoms with Gasteiger partial charge in [-0.2, -0.15) is 0 Å². The average molecular weight is 243 g/mol. The van der Waals surface area contributed by atoms with Crippen LogP contribution in [0.25, 0.3) is 16.9 Å². The Morgan fingerprint density at radius 1 is 1.17 bits per heavy atom. The molecule has 5 heteroatoms. The summed E-state index contributed by atoms with van der Waals surface area (Å²) in [4.78, 5) is 7.88. The topological polar surface area (TPSA) is 50.9 Å². The number of nitrogens with zero attached hydrogens (tertiary/aromatic N) is 3. The lowest BCUT2D eigenvalue weighted by atomic mass is 10.2. The van der Waals surface area contributed by atoms with E-state index in [-0.39, 0.29) is 6.61 Å². The summed E-state index contributed by atoms with van der Waals surface area (Å²) < 4.78 is 14.6. The van der Waals surface area contributed by atoms with Crippen LogP contribution >= 0.6 is 0 Å². The Kier molecular flexibility index (Phi) is 2.53. The van der Waals surface area contributed by atoms with E-state index in [2.05, 4.69) is 9.97 Å². The first-order valence-electron chi connectivity index (χ1n) is 5.47. The molecule has 0 aliphatic heterocycles. The van der Waals surface area contributed by atoms with Gasteiger partial charge in [-0.15, -0.1) is 0 Å². The molecule has 0 bridgehead atoms. The van der Waals surface area contributed by atoms with Crippen LogP contribution < -0.4 is 0 Å². The van der Waals surface area contributed by atoms with Crippen molar-refractivity contribution in [3.63, 3.8) is 0 Å². The van der Waals surface area contributed by atoms with Crippen molar-refractivity contribution >= 4 is 10.9 Å². The van der Waals surface area contributed by atoms with Gasteiger partial charge in [-0.1, -0.05) is 6.07 Å². The molecule has 90 valence electrons. The fraction of sp³-hybridized carbons (Fsp3) is 0.0769. The Bertz CT molecular complexity index is 691. The van der Waals surface area contributed by atoms with Crippen LogP contribution in [0.4, 0.5) is 4.39 Å². The van der Waals surface area contributed by atoms with E-state index >= 15 is 0 Å². The minimum Gasteiger partial charge on any atom is -0.392 e. The molecule has 2 aromatic heterocycles. The lowest BCUT2D eigenvalue weighted by Gasteiger charge is -2.03. The molecule has 2 heterocycles. The largest absolute Gasteiger partial charge is 0.392 e. The molecule has 0 amide bonds. The minimum atomic E-state index is -0.460. The Hall–Kier alpha value is -2.27. The van der Waals surface area contributed by atoms with Gasteiger partial charge in [0.1, 0.15) is 0 Å². The number of hydrogen-bond donors (Lipinski definition) is 1. The Morgan fingerprint density at radius 3 is 2.67 bits per heavy atom. The maximum atomic E-state index is 12.8. The van der Waals surface area contributed by atoms with Gasteiger partial charge in [0.25, 0.3) is 0 Å². The van der Waals surface area contributed by atoms with Crippen molar-refractivity contribution in [3.8, 4) is 5.95 Å². The predicted molar refractivity (Wildman–Crippen MR) is 64.7 cm³/mol. The van der Waals surface area contributed by atoms with Crippen molar-refractivity contribution in [1.82, 2.24) is 14.5 Å². The highest BCUT2D eigenvalue weighted by Crippen LogP contribution is 2.20. The summed E-state index contributed by atoms with van der Waals surface area (Å²) in [5, 5.41) is 10.1. The second-order valence-corrected chi connectivity index (χ2v) is 3.94. The molecule has 4 nitrogen and oxygen atoms in total. The molecule has 0 saturated heterocycles. The third-order valence-electron chi connectivity index (χ3n) is 2.76. The van der Waals surface area contributed by atoms with Crippen LogP contribution in [0.3, 0.4) is 0 Å². The highest BCUT2D eigenvalue weighted by atomic mass is 19.1. The fourth-order valence-electron chi connectivity index (χ4n) is 1.89. The molecule has 1 aromatic carbocycles. The smallest absolute Gasteiger partial charge is 0.234 e. The quantitative estimate of drug-likeness (QED) is 0.749. The van der Waals surface area contributed by atoms with E-state index in [1.165, 1.54) is 0 Å². The zero-order valence-corrected chi connectivity index (χ0v) is 9.42. The van der Waals surface area contributed by atoms with Gasteiger partial charge in [0.2, 0.25) is 5.95 Å². The van der Waals surface area contributed by atoms with Gasteiger partial charge in [0.05, 0.1) is 24.5 Å². The average Bonchev–Trinajstić information content (AvgIpc) is 2.82. The number of hydrogen-bond acceptors (Lipinski definition) is 3. The third kappa shape index (κ3) is 1.74. The first kappa shape index (κ1) is 10.9. The normalized spacial score (nSPS) is 11.0. The first-order chi connectivity index (χ1) is 8.78. The Balaban J connectivity index is 2.15. The number of benzene rings is 1. The molecule has 3 rings (SSSR count). The summed E-state index contributed by atoms with van der Waals surface area (Å²) >= 11 is 0. The third-order valence-corrected chi connectivity index (χ3v) is 2.76. The summed E-state index contributed by atoms with van der Waals surface area (Å²) in [6.07, 6.45) is 4.09. The summed E-state index contributed by atoms with van der Waals surface area (Å²) in [6, 6.07) is 7.52. The SMILES string of the molecule is OCc1ccc2c(ccn2-c2ncc(F)cn2)c1. The predicted octanol–water partition coefficient (Wildman–Crippen LogP) is 2.05. The zero-order valence-electron chi connectivity index (χ0n) is 9.42. The van der Waals surface area contributed by atoms with Gasteiger partial charge in [-0.25, -0.2) is 14.4 Å². The number of fused-ring (bicyclic) bond motifs is 1. The lowest BCUT2D eigenvalue weighted by molar-refractivity contribution is 0.282. The molecule has 3 aromatic rings. The highest BCUT2D eigenvalue weighted by Gasteiger charge is 2.06. The van der Waals surface area contributed by atoms with Crippen LogP contribution in [0.1, 0.15) is 5.56 Å². The number of halogens is 1. The second-order valence-electron chi connectivity index (χ2n) is 3.94. The van der Waals surface area contributed by atoms with Crippen molar-refractivity contribution < 1.29 is 9.50 Å². The van der Waals surface area contributed by atoms with Gasteiger partial charge in [0, 0.05) is 11.6 Å². The molecule has 0 fully saturated rings. The molecule has 18 heavy (non-hydrogen) atoms. The van der Waals surface area contributed by atoms with Crippen molar-refractivity contribution in [2.24, 2.45) is 0 Å². The lowest BCUT2D eigenvalue weighted by Crippen LogP contribution is -1.99. The standard InChI is InChI=1S/C13H10FN3O/c14-11-6-15-13(16-7-11)17-4-3-10-5-9(8-18)1-2-12(10)17/h1-7,18H,8H2. The maximum absolute atomic E-state index is 12.8. The molecule has 0 aliphatic carbocycles. The monoisotopic (exact) mass is 243 g/mol. The summed E-state index contributed by atoms with van der Waals surface area (Å²) in [7, 11) is 0. The molecular weight excluding hydrogens is 233 g/mol. The Morgan fingerprint density at radius 2 is 1.94 bits per heavy atom. The molecule has 0 saturated carbocycles. The summed E-state index contributed by atoms with van der Waals surface area (Å²) in [5.74, 6) is -0.0408. The summed E-state index contributed by atoms with van der Waals surface area (Å²) in [5.41, 5.74) is 1.76. The van der Waals surface area contributed by atoms with Crippen molar-refractivity contribution in [3.05, 3.63) is 54.2 Å². The van der Waals surface area contributed by atoms with Gasteiger partial charge in [-0.3, -0.25) is 4.57 Å². The second kappa shape index (κ2) is 4.19. The van der Waals surface area contributed by atoms with Crippen LogP contribution in [0.2, 0.25) is 0 Å². The molecule has 0 aliphatic rings. The molecule has 1 N–H and O–H groups in total. The van der Waals surface area contributed by atoms with Gasteiger partial charge < -0.3 is 5.11 Å². The zero-order chi connectivity index (χ0) is 12.5. The number of aromatic nitrogens is 3. The Labute approximate surface area is 102 Å². The van der Waals surface area contributed by atoms with Gasteiger partial charge in [0.15, 0.2) is 5.82 Å². The van der Waals surface area contributed by atoms with E-state index in [0.29, 0.717) is 5.95 Å². The highest BCUT2D eigenvalue weighted by molar-refractivity contribution is 5.82. The number of aliphatic hydroxyl groups excluding tert-OH is 1. The van der Waals surface area contributed by atoms with Crippen molar-refractivity contribution in [2.75, 3.05) is 0 Å².